The zero-order valence-electron chi connectivity index (χ0n) is 13.4. The normalized spacial score (nSPS) is 17.7. The summed E-state index contributed by atoms with van der Waals surface area (Å²) in [5.41, 5.74) is 4.67. The molecule has 0 saturated carbocycles. The van der Waals surface area contributed by atoms with Crippen LogP contribution in [0.15, 0.2) is 53.9 Å². The first-order valence-electron chi connectivity index (χ1n) is 7.76. The van der Waals surface area contributed by atoms with E-state index in [-0.39, 0.29) is 11.0 Å². The topological polar surface area (TPSA) is 26.3 Å². The van der Waals surface area contributed by atoms with Crippen LogP contribution in [0.25, 0.3) is 5.57 Å². The van der Waals surface area contributed by atoms with Gasteiger partial charge in [0.1, 0.15) is 5.75 Å². The lowest BCUT2D eigenvalue weighted by atomic mass is 9.90. The number of allylic oxidation sites excluding steroid dienone is 1. The van der Waals surface area contributed by atoms with Crippen molar-refractivity contribution in [1.82, 2.24) is 0 Å². The minimum Gasteiger partial charge on any atom is -0.496 e. The highest BCUT2D eigenvalue weighted by Crippen LogP contribution is 2.39. The molecule has 2 nitrogen and oxygen atoms in total. The minimum atomic E-state index is 0.0217. The zero-order chi connectivity index (χ0) is 16.2. The van der Waals surface area contributed by atoms with Crippen LogP contribution in [0, 0.1) is 12.8 Å². The maximum absolute atomic E-state index is 12.3. The van der Waals surface area contributed by atoms with Crippen LogP contribution in [0.5, 0.6) is 5.75 Å². The Bertz CT molecular complexity index is 735. The molecule has 1 aliphatic heterocycles. The van der Waals surface area contributed by atoms with Crippen LogP contribution in [0.1, 0.15) is 23.1 Å². The SMILES string of the molecule is COc1cc(C)ccc1C1=CSC(=O)[C@H](Cc2ccccc2)C1. The first-order valence-corrected chi connectivity index (χ1v) is 8.64. The number of ether oxygens (including phenoxy) is 1. The standard InChI is InChI=1S/C20H20O2S/c1-14-8-9-18(19(10-14)22-2)17-12-16(20(21)23-13-17)11-15-6-4-3-5-7-15/h3-10,13,16H,11-12H2,1-2H3/t16-/m1/s1. The quantitative estimate of drug-likeness (QED) is 0.803. The van der Waals surface area contributed by atoms with E-state index in [0.29, 0.717) is 0 Å². The largest absolute Gasteiger partial charge is 0.496 e. The number of rotatable bonds is 4. The summed E-state index contributed by atoms with van der Waals surface area (Å²) in [6, 6.07) is 16.4. The Morgan fingerprint density at radius 1 is 1.17 bits per heavy atom. The molecule has 3 heteroatoms. The first-order chi connectivity index (χ1) is 11.2. The van der Waals surface area contributed by atoms with Crippen LogP contribution >= 0.6 is 11.8 Å². The highest BCUT2D eigenvalue weighted by atomic mass is 32.2. The van der Waals surface area contributed by atoms with Gasteiger partial charge < -0.3 is 4.74 Å². The van der Waals surface area contributed by atoms with E-state index in [1.54, 1.807) is 7.11 Å². The molecule has 2 aromatic rings. The van der Waals surface area contributed by atoms with Crippen molar-refractivity contribution < 1.29 is 9.53 Å². The summed E-state index contributed by atoms with van der Waals surface area (Å²) in [6.07, 6.45) is 1.55. The Kier molecular flexibility index (Phi) is 4.87. The molecule has 1 heterocycles. The summed E-state index contributed by atoms with van der Waals surface area (Å²) in [6.45, 7) is 2.05. The van der Waals surface area contributed by atoms with Crippen LogP contribution in [-0.2, 0) is 11.2 Å². The van der Waals surface area contributed by atoms with Gasteiger partial charge in [0.05, 0.1) is 7.11 Å². The van der Waals surface area contributed by atoms with Gasteiger partial charge in [-0.2, -0.15) is 0 Å². The van der Waals surface area contributed by atoms with Gasteiger partial charge in [-0.25, -0.2) is 0 Å². The molecular weight excluding hydrogens is 304 g/mol. The average molecular weight is 324 g/mol. The lowest BCUT2D eigenvalue weighted by Gasteiger charge is -2.22. The Morgan fingerprint density at radius 3 is 2.70 bits per heavy atom. The van der Waals surface area contributed by atoms with Crippen molar-refractivity contribution in [3.05, 3.63) is 70.6 Å². The molecule has 0 bridgehead atoms. The Labute approximate surface area is 141 Å². The van der Waals surface area contributed by atoms with Crippen LogP contribution in [0.3, 0.4) is 0 Å². The molecule has 0 radical (unpaired) electrons. The molecule has 0 unspecified atom stereocenters. The van der Waals surface area contributed by atoms with Crippen molar-refractivity contribution in [3.63, 3.8) is 0 Å². The number of thioether (sulfide) groups is 1. The van der Waals surface area contributed by atoms with Gasteiger partial charge in [0.2, 0.25) is 0 Å². The smallest absolute Gasteiger partial charge is 0.196 e. The zero-order valence-corrected chi connectivity index (χ0v) is 14.2. The predicted molar refractivity (Wildman–Crippen MR) is 96.6 cm³/mol. The minimum absolute atomic E-state index is 0.0217. The van der Waals surface area contributed by atoms with Gasteiger partial charge in [0.15, 0.2) is 5.12 Å². The van der Waals surface area contributed by atoms with Crippen molar-refractivity contribution in [2.45, 2.75) is 19.8 Å². The van der Waals surface area contributed by atoms with Crippen LogP contribution in [0.4, 0.5) is 0 Å². The summed E-state index contributed by atoms with van der Waals surface area (Å²) in [5, 5.41) is 2.24. The van der Waals surface area contributed by atoms with Gasteiger partial charge in [-0.1, -0.05) is 54.2 Å². The predicted octanol–water partition coefficient (Wildman–Crippen LogP) is 4.87. The Hall–Kier alpha value is -2.00. The van der Waals surface area contributed by atoms with Crippen molar-refractivity contribution in [3.8, 4) is 5.75 Å². The van der Waals surface area contributed by atoms with Gasteiger partial charge >= 0.3 is 0 Å². The van der Waals surface area contributed by atoms with Gasteiger partial charge in [-0.05, 0) is 47.9 Å². The van der Waals surface area contributed by atoms with E-state index < -0.39 is 0 Å². The highest BCUT2D eigenvalue weighted by molar-refractivity contribution is 8.16. The van der Waals surface area contributed by atoms with Crippen molar-refractivity contribution in [2.75, 3.05) is 7.11 Å². The molecule has 0 N–H and O–H groups in total. The second-order valence-electron chi connectivity index (χ2n) is 5.87. The van der Waals surface area contributed by atoms with Gasteiger partial charge in [-0.15, -0.1) is 0 Å². The summed E-state index contributed by atoms with van der Waals surface area (Å²) < 4.78 is 5.52. The lowest BCUT2D eigenvalue weighted by Crippen LogP contribution is -2.17. The van der Waals surface area contributed by atoms with Crippen LogP contribution in [-0.4, -0.2) is 12.2 Å². The van der Waals surface area contributed by atoms with E-state index in [4.69, 9.17) is 4.74 Å². The fourth-order valence-electron chi connectivity index (χ4n) is 2.91. The van der Waals surface area contributed by atoms with Crippen molar-refractivity contribution in [1.29, 1.82) is 0 Å². The maximum atomic E-state index is 12.3. The number of carbonyl (C=O) groups is 1. The first kappa shape index (κ1) is 15.9. The lowest BCUT2D eigenvalue weighted by molar-refractivity contribution is -0.114. The molecule has 0 aliphatic carbocycles. The van der Waals surface area contributed by atoms with Crippen molar-refractivity contribution >= 4 is 22.5 Å². The third kappa shape index (κ3) is 3.67. The summed E-state index contributed by atoms with van der Waals surface area (Å²) in [5.74, 6) is 0.901. The second-order valence-corrected chi connectivity index (χ2v) is 6.75. The molecule has 0 spiro atoms. The fourth-order valence-corrected chi connectivity index (χ4v) is 3.75. The number of carbonyl (C=O) groups excluding carboxylic acids is 1. The molecule has 2 aromatic carbocycles. The van der Waals surface area contributed by atoms with Crippen LogP contribution < -0.4 is 4.74 Å². The number of hydrogen-bond acceptors (Lipinski definition) is 3. The molecule has 1 aliphatic rings. The second kappa shape index (κ2) is 7.05. The number of benzene rings is 2. The van der Waals surface area contributed by atoms with E-state index >= 15 is 0 Å². The molecule has 0 saturated heterocycles. The van der Waals surface area contributed by atoms with E-state index in [1.165, 1.54) is 28.5 Å². The summed E-state index contributed by atoms with van der Waals surface area (Å²) in [4.78, 5) is 12.3. The third-order valence-corrected chi connectivity index (χ3v) is 5.11. The maximum Gasteiger partial charge on any atom is 0.196 e. The Morgan fingerprint density at radius 2 is 1.96 bits per heavy atom. The number of hydrogen-bond donors (Lipinski definition) is 0. The molecule has 0 amide bonds. The molecule has 1 atom stereocenters. The van der Waals surface area contributed by atoms with Crippen molar-refractivity contribution in [2.24, 2.45) is 5.92 Å². The number of aryl methyl sites for hydroxylation is 1. The number of methoxy groups -OCH3 is 1. The van der Waals surface area contributed by atoms with E-state index in [2.05, 4.69) is 31.2 Å². The third-order valence-electron chi connectivity index (χ3n) is 4.14. The molecule has 3 rings (SSSR count). The van der Waals surface area contributed by atoms with Gasteiger partial charge in [0.25, 0.3) is 0 Å². The molecular formula is C20H20O2S. The average Bonchev–Trinajstić information content (AvgIpc) is 2.58. The van der Waals surface area contributed by atoms with E-state index in [0.717, 1.165) is 24.2 Å². The van der Waals surface area contributed by atoms with E-state index in [1.807, 2.05) is 29.7 Å². The van der Waals surface area contributed by atoms with Crippen LogP contribution in [0.2, 0.25) is 0 Å². The monoisotopic (exact) mass is 324 g/mol. The fraction of sp³-hybridized carbons (Fsp3) is 0.250. The van der Waals surface area contributed by atoms with E-state index in [9.17, 15) is 4.79 Å². The molecule has 23 heavy (non-hydrogen) atoms. The summed E-state index contributed by atoms with van der Waals surface area (Å²) >= 11 is 1.32. The van der Waals surface area contributed by atoms with Gasteiger partial charge in [-0.3, -0.25) is 4.79 Å². The van der Waals surface area contributed by atoms with Gasteiger partial charge in [0, 0.05) is 11.5 Å². The Balaban J connectivity index is 1.84. The molecule has 0 aromatic heterocycles. The summed E-state index contributed by atoms with van der Waals surface area (Å²) in [7, 11) is 1.70. The highest BCUT2D eigenvalue weighted by Gasteiger charge is 2.26. The molecule has 0 fully saturated rings. The molecule has 118 valence electrons.